The SMILES string of the molecule is C[C@@]1(F)[C@H](O)C(COP(=O)(O)O)O[C@@]1(C#N)c1cnc2c(N)ncnn12. The molecule has 0 aliphatic carbocycles. The molecule has 12 nitrogen and oxygen atoms in total. The maximum absolute atomic E-state index is 15.4. The fourth-order valence-electron chi connectivity index (χ4n) is 2.84. The number of aliphatic hydroxyl groups is 1. The summed E-state index contributed by atoms with van der Waals surface area (Å²) in [6, 6.07) is 1.67. The number of nitriles is 1. The van der Waals surface area contributed by atoms with Gasteiger partial charge in [0.15, 0.2) is 17.1 Å². The first kappa shape index (κ1) is 18.6. The highest BCUT2D eigenvalue weighted by Crippen LogP contribution is 2.50. The van der Waals surface area contributed by atoms with Crippen molar-refractivity contribution in [2.75, 3.05) is 12.3 Å². The number of hydrogen-bond acceptors (Lipinski definition) is 9. The zero-order chi connectivity index (χ0) is 19.3. The van der Waals surface area contributed by atoms with E-state index in [1.165, 1.54) is 0 Å². The van der Waals surface area contributed by atoms with Crippen LogP contribution in [0.5, 0.6) is 0 Å². The van der Waals surface area contributed by atoms with Gasteiger partial charge in [0, 0.05) is 0 Å². The number of fused-ring (bicyclic) bond motifs is 1. The van der Waals surface area contributed by atoms with Gasteiger partial charge < -0.3 is 25.4 Å². The molecule has 0 saturated carbocycles. The molecule has 3 rings (SSSR count). The summed E-state index contributed by atoms with van der Waals surface area (Å²) in [6.45, 7) is 0.0740. The van der Waals surface area contributed by atoms with Crippen molar-refractivity contribution in [2.24, 2.45) is 0 Å². The lowest BCUT2D eigenvalue weighted by atomic mass is 9.82. The predicted octanol–water partition coefficient (Wildman–Crippen LogP) is -0.977. The second-order valence-corrected chi connectivity index (χ2v) is 7.02. The van der Waals surface area contributed by atoms with Crippen molar-refractivity contribution in [2.45, 2.75) is 30.4 Å². The molecule has 0 radical (unpaired) electrons. The summed E-state index contributed by atoms with van der Waals surface area (Å²) in [7, 11) is -4.89. The summed E-state index contributed by atoms with van der Waals surface area (Å²) in [5, 5.41) is 23.8. The lowest BCUT2D eigenvalue weighted by molar-refractivity contribution is -0.0713. The quantitative estimate of drug-likeness (QED) is 0.471. The van der Waals surface area contributed by atoms with Crippen LogP contribution in [0, 0.1) is 11.3 Å². The van der Waals surface area contributed by atoms with Crippen LogP contribution in [-0.2, 0) is 19.4 Å². The van der Waals surface area contributed by atoms with E-state index in [1.54, 1.807) is 6.07 Å². The number of imidazole rings is 1. The van der Waals surface area contributed by atoms with Crippen LogP contribution in [0.1, 0.15) is 12.6 Å². The molecule has 1 aliphatic rings. The van der Waals surface area contributed by atoms with Gasteiger partial charge in [-0.15, -0.1) is 0 Å². The van der Waals surface area contributed by atoms with Gasteiger partial charge in [-0.2, -0.15) is 10.4 Å². The van der Waals surface area contributed by atoms with Crippen molar-refractivity contribution in [3.05, 3.63) is 18.2 Å². The number of alkyl halides is 1. The smallest absolute Gasteiger partial charge is 0.387 e. The van der Waals surface area contributed by atoms with Gasteiger partial charge >= 0.3 is 7.82 Å². The Labute approximate surface area is 145 Å². The Morgan fingerprint density at radius 3 is 2.88 bits per heavy atom. The first-order valence-corrected chi connectivity index (χ1v) is 8.67. The van der Waals surface area contributed by atoms with Gasteiger partial charge in [0.25, 0.3) is 0 Å². The molecule has 3 heterocycles. The Morgan fingerprint density at radius 2 is 2.27 bits per heavy atom. The van der Waals surface area contributed by atoms with Gasteiger partial charge in [-0.05, 0) is 6.92 Å². The number of aromatic nitrogens is 4. The Bertz CT molecular complexity index is 940. The normalized spacial score (nSPS) is 32.0. The highest BCUT2D eigenvalue weighted by Gasteiger charge is 2.67. The average molecular weight is 388 g/mol. The lowest BCUT2D eigenvalue weighted by Crippen LogP contribution is -2.48. The van der Waals surface area contributed by atoms with Crippen LogP contribution >= 0.6 is 7.82 Å². The molecule has 14 heteroatoms. The first-order chi connectivity index (χ1) is 12.0. The van der Waals surface area contributed by atoms with E-state index in [-0.39, 0.29) is 17.2 Å². The van der Waals surface area contributed by atoms with E-state index >= 15 is 4.39 Å². The number of nitrogen functional groups attached to an aromatic ring is 1. The number of anilines is 1. The van der Waals surface area contributed by atoms with Crippen molar-refractivity contribution >= 4 is 19.3 Å². The molecule has 2 aromatic heterocycles. The molecule has 0 spiro atoms. The minimum absolute atomic E-state index is 0.0279. The largest absolute Gasteiger partial charge is 0.469 e. The molecule has 5 N–H and O–H groups in total. The van der Waals surface area contributed by atoms with Crippen LogP contribution < -0.4 is 5.73 Å². The number of nitrogens with two attached hydrogens (primary N) is 1. The zero-order valence-electron chi connectivity index (χ0n) is 13.2. The molecular weight excluding hydrogens is 374 g/mol. The van der Waals surface area contributed by atoms with Gasteiger partial charge in [0.05, 0.1) is 12.8 Å². The third-order valence-electron chi connectivity index (χ3n) is 4.18. The fourth-order valence-corrected chi connectivity index (χ4v) is 3.18. The first-order valence-electron chi connectivity index (χ1n) is 7.14. The van der Waals surface area contributed by atoms with E-state index in [0.717, 1.165) is 24.0 Å². The van der Waals surface area contributed by atoms with E-state index in [0.29, 0.717) is 0 Å². The molecular formula is C12H14FN6O6P. The second-order valence-electron chi connectivity index (χ2n) is 5.78. The standard InChI is InChI=1S/C12H14FN6O6P/c1-11(13)8(20)6(3-24-26(21,22)23)25-12(11,4-14)7-2-16-10-9(15)17-5-18-19(7)10/h2,5-6,8,20H,3H2,1H3,(H2,15,17,18)(H2,21,22,23)/t6?,8-,11-,12+/m1/s1. The second kappa shape index (κ2) is 5.92. The summed E-state index contributed by atoms with van der Waals surface area (Å²) < 4.78 is 37.0. The van der Waals surface area contributed by atoms with Crippen LogP contribution in [0.25, 0.3) is 5.65 Å². The molecule has 1 unspecified atom stereocenters. The van der Waals surface area contributed by atoms with Crippen LogP contribution in [0.3, 0.4) is 0 Å². The number of hydrogen-bond donors (Lipinski definition) is 4. The van der Waals surface area contributed by atoms with Crippen LogP contribution in [0.15, 0.2) is 12.5 Å². The number of ether oxygens (including phenoxy) is 1. The Hall–Kier alpha value is -2.20. The molecule has 1 fully saturated rings. The van der Waals surface area contributed by atoms with Crippen molar-refractivity contribution in [1.82, 2.24) is 19.6 Å². The number of nitrogens with zero attached hydrogens (tertiary/aromatic N) is 5. The maximum atomic E-state index is 15.4. The zero-order valence-corrected chi connectivity index (χ0v) is 14.1. The van der Waals surface area contributed by atoms with Gasteiger partial charge in [-0.25, -0.2) is 23.4 Å². The third-order valence-corrected chi connectivity index (χ3v) is 4.67. The predicted molar refractivity (Wildman–Crippen MR) is 80.9 cm³/mol. The van der Waals surface area contributed by atoms with E-state index in [4.69, 9.17) is 20.3 Å². The number of halogens is 1. The highest BCUT2D eigenvalue weighted by atomic mass is 31.2. The molecule has 1 saturated heterocycles. The van der Waals surface area contributed by atoms with Crippen molar-refractivity contribution in [3.63, 3.8) is 0 Å². The summed E-state index contributed by atoms with van der Waals surface area (Å²) in [6.07, 6.45) is -1.31. The molecule has 0 amide bonds. The number of aliphatic hydroxyl groups excluding tert-OH is 1. The van der Waals surface area contributed by atoms with Crippen LogP contribution in [-0.4, -0.2) is 59.0 Å². The number of rotatable bonds is 4. The lowest BCUT2D eigenvalue weighted by Gasteiger charge is -2.30. The molecule has 140 valence electrons. The summed E-state index contributed by atoms with van der Waals surface area (Å²) >= 11 is 0. The molecule has 0 aromatic carbocycles. The van der Waals surface area contributed by atoms with Gasteiger partial charge in [0.1, 0.15) is 30.3 Å². The summed E-state index contributed by atoms with van der Waals surface area (Å²) in [4.78, 5) is 25.2. The molecule has 1 aliphatic heterocycles. The summed E-state index contributed by atoms with van der Waals surface area (Å²) in [5.41, 5.74) is 0.444. The maximum Gasteiger partial charge on any atom is 0.469 e. The average Bonchev–Trinajstić information content (AvgIpc) is 3.06. The Morgan fingerprint density at radius 1 is 1.58 bits per heavy atom. The van der Waals surface area contributed by atoms with Crippen molar-refractivity contribution in [1.29, 1.82) is 5.26 Å². The minimum Gasteiger partial charge on any atom is -0.387 e. The minimum atomic E-state index is -4.89. The van der Waals surface area contributed by atoms with E-state index in [1.807, 2.05) is 0 Å². The summed E-state index contributed by atoms with van der Waals surface area (Å²) in [5.74, 6) is -0.0279. The van der Waals surface area contributed by atoms with E-state index < -0.39 is 37.9 Å². The van der Waals surface area contributed by atoms with Gasteiger partial charge in [0.2, 0.25) is 5.60 Å². The molecule has 2 aromatic rings. The third kappa shape index (κ3) is 2.64. The van der Waals surface area contributed by atoms with E-state index in [2.05, 4.69) is 19.6 Å². The fraction of sp³-hybridized carbons (Fsp3) is 0.500. The van der Waals surface area contributed by atoms with E-state index in [9.17, 15) is 14.9 Å². The van der Waals surface area contributed by atoms with Crippen molar-refractivity contribution < 1.29 is 33.1 Å². The van der Waals surface area contributed by atoms with Gasteiger partial charge in [-0.1, -0.05) is 0 Å². The number of phosphoric ester groups is 1. The topological polar surface area (TPSA) is 189 Å². The van der Waals surface area contributed by atoms with Crippen LogP contribution in [0.4, 0.5) is 10.2 Å². The number of phosphoric acid groups is 1. The van der Waals surface area contributed by atoms with Gasteiger partial charge in [-0.3, -0.25) is 4.52 Å². The van der Waals surface area contributed by atoms with Crippen molar-refractivity contribution in [3.8, 4) is 6.07 Å². The highest BCUT2D eigenvalue weighted by molar-refractivity contribution is 7.46. The monoisotopic (exact) mass is 388 g/mol. The Kier molecular flexibility index (Phi) is 4.23. The molecule has 26 heavy (non-hydrogen) atoms. The molecule has 0 bridgehead atoms. The Balaban J connectivity index is 2.09. The van der Waals surface area contributed by atoms with Crippen LogP contribution in [0.2, 0.25) is 0 Å². The molecule has 4 atom stereocenters.